The molecule has 0 aliphatic carbocycles. The first-order chi connectivity index (χ1) is 10.1. The second kappa shape index (κ2) is 5.84. The number of aromatic nitrogens is 2. The second-order valence-corrected chi connectivity index (χ2v) is 5.63. The summed E-state index contributed by atoms with van der Waals surface area (Å²) in [7, 11) is 0. The fourth-order valence-corrected chi connectivity index (χ4v) is 2.70. The Labute approximate surface area is 131 Å². The third kappa shape index (κ3) is 2.91. The minimum Gasteiger partial charge on any atom is -0.332 e. The van der Waals surface area contributed by atoms with Crippen LogP contribution in [0.5, 0.6) is 0 Å². The van der Waals surface area contributed by atoms with Crippen molar-refractivity contribution in [1.82, 2.24) is 9.55 Å². The number of aryl methyl sites for hydroxylation is 1. The topological polar surface area (TPSA) is 37.8 Å². The predicted octanol–water partition coefficient (Wildman–Crippen LogP) is 3.96. The monoisotopic (exact) mass is 316 g/mol. The zero-order chi connectivity index (χ0) is 14.8. The van der Waals surface area contributed by atoms with Crippen molar-refractivity contribution < 1.29 is 0 Å². The smallest absolute Gasteiger partial charge is 0.262 e. The summed E-state index contributed by atoms with van der Waals surface area (Å²) in [5, 5.41) is 1.36. The maximum absolute atomic E-state index is 12.5. The highest BCUT2D eigenvalue weighted by Crippen LogP contribution is 2.11. The molecule has 0 radical (unpaired) electrons. The van der Waals surface area contributed by atoms with Crippen molar-refractivity contribution in [2.24, 2.45) is 0 Å². The predicted molar refractivity (Wildman–Crippen MR) is 88.5 cm³/mol. The van der Waals surface area contributed by atoms with Gasteiger partial charge in [-0.2, -0.15) is 0 Å². The number of aromatic amines is 1. The molecule has 0 amide bonds. The van der Waals surface area contributed by atoms with Gasteiger partial charge in [-0.25, -0.2) is 0 Å². The van der Waals surface area contributed by atoms with E-state index in [0.717, 1.165) is 17.5 Å². The Bertz CT molecular complexity index is 897. The normalized spacial score (nSPS) is 10.9. The van der Waals surface area contributed by atoms with E-state index >= 15 is 0 Å². The Kier molecular flexibility index (Phi) is 3.90. The zero-order valence-electron chi connectivity index (χ0n) is 11.2. The number of fused-ring (bicyclic) bond motifs is 1. The molecule has 2 aromatic carbocycles. The zero-order valence-corrected chi connectivity index (χ0v) is 12.7. The SMILES string of the molecule is O=c1c2ccccc2[nH]c(=S)n1CCc1ccc(Cl)cc1. The molecule has 0 saturated carbocycles. The summed E-state index contributed by atoms with van der Waals surface area (Å²) in [5.41, 5.74) is 1.84. The van der Waals surface area contributed by atoms with Crippen LogP contribution in [-0.4, -0.2) is 9.55 Å². The van der Waals surface area contributed by atoms with Crippen LogP contribution < -0.4 is 5.56 Å². The quantitative estimate of drug-likeness (QED) is 0.743. The van der Waals surface area contributed by atoms with Gasteiger partial charge < -0.3 is 4.98 Å². The standard InChI is InChI=1S/C16H13ClN2OS/c17-12-7-5-11(6-8-12)9-10-19-15(20)13-3-1-2-4-14(13)18-16(19)21/h1-8H,9-10H2,(H,18,21). The molecule has 3 rings (SSSR count). The van der Waals surface area contributed by atoms with Crippen LogP contribution in [0.15, 0.2) is 53.3 Å². The lowest BCUT2D eigenvalue weighted by molar-refractivity contribution is 0.652. The number of hydrogen-bond donors (Lipinski definition) is 1. The molecule has 0 fully saturated rings. The number of benzene rings is 2. The van der Waals surface area contributed by atoms with Crippen molar-refractivity contribution in [2.45, 2.75) is 13.0 Å². The molecule has 0 bridgehead atoms. The molecule has 0 saturated heterocycles. The maximum atomic E-state index is 12.5. The van der Waals surface area contributed by atoms with Gasteiger partial charge in [0.05, 0.1) is 10.9 Å². The largest absolute Gasteiger partial charge is 0.332 e. The highest BCUT2D eigenvalue weighted by molar-refractivity contribution is 7.71. The first-order valence-electron chi connectivity index (χ1n) is 6.61. The van der Waals surface area contributed by atoms with Crippen LogP contribution in [0.2, 0.25) is 5.02 Å². The summed E-state index contributed by atoms with van der Waals surface area (Å²) in [5.74, 6) is 0. The molecule has 1 aromatic heterocycles. The average molecular weight is 317 g/mol. The van der Waals surface area contributed by atoms with Crippen LogP contribution >= 0.6 is 23.8 Å². The van der Waals surface area contributed by atoms with Crippen LogP contribution in [0.25, 0.3) is 10.9 Å². The number of nitrogens with one attached hydrogen (secondary N) is 1. The van der Waals surface area contributed by atoms with E-state index < -0.39 is 0 Å². The number of hydrogen-bond acceptors (Lipinski definition) is 2. The first kappa shape index (κ1) is 14.0. The molecule has 0 unspecified atom stereocenters. The number of para-hydroxylation sites is 1. The van der Waals surface area contributed by atoms with E-state index in [1.54, 1.807) is 4.57 Å². The van der Waals surface area contributed by atoms with Gasteiger partial charge in [-0.05, 0) is 48.5 Å². The van der Waals surface area contributed by atoms with Gasteiger partial charge in [-0.1, -0.05) is 35.9 Å². The summed E-state index contributed by atoms with van der Waals surface area (Å²) in [6.07, 6.45) is 0.729. The van der Waals surface area contributed by atoms with Gasteiger partial charge in [-0.15, -0.1) is 0 Å². The Morgan fingerprint density at radius 1 is 1.10 bits per heavy atom. The lowest BCUT2D eigenvalue weighted by Crippen LogP contribution is -2.23. The van der Waals surface area contributed by atoms with Crippen molar-refractivity contribution in [1.29, 1.82) is 0 Å². The van der Waals surface area contributed by atoms with Gasteiger partial charge in [0.1, 0.15) is 0 Å². The van der Waals surface area contributed by atoms with Crippen molar-refractivity contribution in [3.63, 3.8) is 0 Å². The van der Waals surface area contributed by atoms with E-state index in [1.807, 2.05) is 48.5 Å². The Morgan fingerprint density at radius 2 is 1.81 bits per heavy atom. The van der Waals surface area contributed by atoms with Gasteiger partial charge >= 0.3 is 0 Å². The fourth-order valence-electron chi connectivity index (χ4n) is 2.29. The highest BCUT2D eigenvalue weighted by Gasteiger charge is 2.05. The van der Waals surface area contributed by atoms with Gasteiger partial charge in [0.15, 0.2) is 4.77 Å². The first-order valence-corrected chi connectivity index (χ1v) is 7.40. The second-order valence-electron chi connectivity index (χ2n) is 4.81. The third-order valence-electron chi connectivity index (χ3n) is 3.43. The molecule has 0 atom stereocenters. The van der Waals surface area contributed by atoms with Crippen molar-refractivity contribution >= 4 is 34.7 Å². The molecule has 106 valence electrons. The van der Waals surface area contributed by atoms with Gasteiger partial charge in [0, 0.05) is 11.6 Å². The molecule has 21 heavy (non-hydrogen) atoms. The van der Waals surface area contributed by atoms with Crippen LogP contribution in [0.4, 0.5) is 0 Å². The summed E-state index contributed by atoms with van der Waals surface area (Å²) in [6, 6.07) is 15.0. The van der Waals surface area contributed by atoms with Crippen LogP contribution in [0.1, 0.15) is 5.56 Å². The Morgan fingerprint density at radius 3 is 2.57 bits per heavy atom. The molecule has 1 heterocycles. The van der Waals surface area contributed by atoms with Crippen molar-refractivity contribution in [3.8, 4) is 0 Å². The average Bonchev–Trinajstić information content (AvgIpc) is 2.49. The molecular formula is C16H13ClN2OS. The minimum atomic E-state index is -0.0525. The number of nitrogens with zero attached hydrogens (tertiary/aromatic N) is 1. The van der Waals surface area contributed by atoms with Crippen LogP contribution in [-0.2, 0) is 13.0 Å². The lowest BCUT2D eigenvalue weighted by atomic mass is 10.1. The number of halogens is 1. The lowest BCUT2D eigenvalue weighted by Gasteiger charge is -2.08. The van der Waals surface area contributed by atoms with Gasteiger partial charge in [0.25, 0.3) is 5.56 Å². The van der Waals surface area contributed by atoms with E-state index in [4.69, 9.17) is 23.8 Å². The Hall–Kier alpha value is -1.91. The van der Waals surface area contributed by atoms with E-state index in [1.165, 1.54) is 0 Å². The summed E-state index contributed by atoms with van der Waals surface area (Å²) < 4.78 is 2.05. The molecule has 0 aliphatic heterocycles. The van der Waals surface area contributed by atoms with Crippen molar-refractivity contribution in [2.75, 3.05) is 0 Å². The van der Waals surface area contributed by atoms with Gasteiger partial charge in [-0.3, -0.25) is 9.36 Å². The van der Waals surface area contributed by atoms with Gasteiger partial charge in [0.2, 0.25) is 0 Å². The number of H-pyrrole nitrogens is 1. The van der Waals surface area contributed by atoms with Crippen LogP contribution in [0, 0.1) is 4.77 Å². The van der Waals surface area contributed by atoms with E-state index in [9.17, 15) is 4.79 Å². The van der Waals surface area contributed by atoms with E-state index in [-0.39, 0.29) is 5.56 Å². The summed E-state index contributed by atoms with van der Waals surface area (Å²) in [6.45, 7) is 0.542. The van der Waals surface area contributed by atoms with E-state index in [2.05, 4.69) is 4.98 Å². The molecule has 0 aliphatic rings. The van der Waals surface area contributed by atoms with Crippen LogP contribution in [0.3, 0.4) is 0 Å². The molecule has 1 N–H and O–H groups in total. The molecular weight excluding hydrogens is 304 g/mol. The molecule has 5 heteroatoms. The third-order valence-corrected chi connectivity index (χ3v) is 4.00. The molecule has 3 nitrogen and oxygen atoms in total. The minimum absolute atomic E-state index is 0.0525. The van der Waals surface area contributed by atoms with E-state index in [0.29, 0.717) is 21.7 Å². The molecule has 3 aromatic rings. The summed E-state index contributed by atoms with van der Waals surface area (Å²) >= 11 is 11.2. The Balaban J connectivity index is 1.95. The highest BCUT2D eigenvalue weighted by atomic mass is 35.5. The fraction of sp³-hybridized carbons (Fsp3) is 0.125. The molecule has 0 spiro atoms. The van der Waals surface area contributed by atoms with Crippen molar-refractivity contribution in [3.05, 3.63) is 74.2 Å². The maximum Gasteiger partial charge on any atom is 0.262 e. The number of rotatable bonds is 3. The summed E-state index contributed by atoms with van der Waals surface area (Å²) in [4.78, 5) is 15.6.